The summed E-state index contributed by atoms with van der Waals surface area (Å²) in [6, 6.07) is 9.84. The molecule has 1 aromatic heterocycles. The molecule has 150 valence electrons. The molecule has 2 aromatic rings. The van der Waals surface area contributed by atoms with E-state index in [1.807, 2.05) is 37.3 Å². The first kappa shape index (κ1) is 20.1. The van der Waals surface area contributed by atoms with Crippen molar-refractivity contribution in [2.24, 2.45) is 5.92 Å². The zero-order valence-electron chi connectivity index (χ0n) is 16.9. The van der Waals surface area contributed by atoms with E-state index in [-0.39, 0.29) is 11.8 Å². The number of nitrogens with one attached hydrogen (secondary N) is 1. The van der Waals surface area contributed by atoms with Crippen molar-refractivity contribution in [3.63, 3.8) is 0 Å². The lowest BCUT2D eigenvalue weighted by atomic mass is 9.97. The van der Waals surface area contributed by atoms with Gasteiger partial charge in [0.15, 0.2) is 0 Å². The number of aromatic nitrogens is 2. The summed E-state index contributed by atoms with van der Waals surface area (Å²) < 4.78 is 5.68. The molecule has 3 rings (SSSR count). The SMILES string of the molecule is CCCCOc1ccc(CNC(=O)C2CCCN(c3nccc(C)n3)C2)cc1. The number of nitrogens with zero attached hydrogens (tertiary/aromatic N) is 3. The maximum absolute atomic E-state index is 12.7. The van der Waals surface area contributed by atoms with Crippen molar-refractivity contribution in [1.29, 1.82) is 0 Å². The van der Waals surface area contributed by atoms with E-state index in [9.17, 15) is 4.79 Å². The molecule has 1 saturated heterocycles. The second-order valence-electron chi connectivity index (χ2n) is 7.35. The van der Waals surface area contributed by atoms with Crippen LogP contribution in [0.3, 0.4) is 0 Å². The van der Waals surface area contributed by atoms with Crippen molar-refractivity contribution >= 4 is 11.9 Å². The molecule has 28 heavy (non-hydrogen) atoms. The summed E-state index contributed by atoms with van der Waals surface area (Å²) in [6.45, 7) is 6.95. The van der Waals surface area contributed by atoms with Crippen molar-refractivity contribution in [3.05, 3.63) is 47.8 Å². The van der Waals surface area contributed by atoms with Gasteiger partial charge in [-0.25, -0.2) is 9.97 Å². The lowest BCUT2D eigenvalue weighted by Crippen LogP contribution is -2.43. The normalized spacial score (nSPS) is 16.6. The molecular formula is C22H30N4O2. The highest BCUT2D eigenvalue weighted by atomic mass is 16.5. The Hall–Kier alpha value is -2.63. The van der Waals surface area contributed by atoms with Gasteiger partial charge in [-0.1, -0.05) is 25.5 Å². The Balaban J connectivity index is 1.49. The molecule has 1 unspecified atom stereocenters. The van der Waals surface area contributed by atoms with E-state index in [1.165, 1.54) is 0 Å². The van der Waals surface area contributed by atoms with Gasteiger partial charge >= 0.3 is 0 Å². The third kappa shape index (κ3) is 5.68. The van der Waals surface area contributed by atoms with E-state index in [4.69, 9.17) is 4.74 Å². The van der Waals surface area contributed by atoms with Crippen LogP contribution < -0.4 is 15.0 Å². The zero-order chi connectivity index (χ0) is 19.8. The Morgan fingerprint density at radius 1 is 1.29 bits per heavy atom. The number of amides is 1. The molecule has 6 nitrogen and oxygen atoms in total. The smallest absolute Gasteiger partial charge is 0.225 e. The first-order chi connectivity index (χ1) is 13.7. The first-order valence-corrected chi connectivity index (χ1v) is 10.2. The summed E-state index contributed by atoms with van der Waals surface area (Å²) in [7, 11) is 0. The third-order valence-electron chi connectivity index (χ3n) is 5.01. The number of hydrogen-bond donors (Lipinski definition) is 1. The summed E-state index contributed by atoms with van der Waals surface area (Å²) in [4.78, 5) is 23.6. The van der Waals surface area contributed by atoms with Crippen molar-refractivity contribution < 1.29 is 9.53 Å². The third-order valence-corrected chi connectivity index (χ3v) is 5.01. The van der Waals surface area contributed by atoms with Gasteiger partial charge < -0.3 is 15.0 Å². The van der Waals surface area contributed by atoms with Crippen LogP contribution in [0.4, 0.5) is 5.95 Å². The molecular weight excluding hydrogens is 352 g/mol. The summed E-state index contributed by atoms with van der Waals surface area (Å²) in [5.41, 5.74) is 2.02. The minimum Gasteiger partial charge on any atom is -0.494 e. The van der Waals surface area contributed by atoms with E-state index >= 15 is 0 Å². The number of aryl methyl sites for hydroxylation is 1. The number of piperidine rings is 1. The topological polar surface area (TPSA) is 67.3 Å². The van der Waals surface area contributed by atoms with Crippen LogP contribution in [0, 0.1) is 12.8 Å². The van der Waals surface area contributed by atoms with E-state index in [2.05, 4.69) is 27.1 Å². The highest BCUT2D eigenvalue weighted by Gasteiger charge is 2.27. The predicted molar refractivity (Wildman–Crippen MR) is 110 cm³/mol. The quantitative estimate of drug-likeness (QED) is 0.708. The second kappa shape index (κ2) is 10.1. The molecule has 1 aliphatic rings. The molecule has 0 aliphatic carbocycles. The minimum atomic E-state index is -0.0329. The molecule has 1 fully saturated rings. The number of benzene rings is 1. The molecule has 1 atom stereocenters. The van der Waals surface area contributed by atoms with Crippen molar-refractivity contribution in [2.45, 2.75) is 46.1 Å². The highest BCUT2D eigenvalue weighted by Crippen LogP contribution is 2.21. The standard InChI is InChI=1S/C22H30N4O2/c1-3-4-14-28-20-9-7-18(8-10-20)15-24-21(27)19-6-5-13-26(16-19)22-23-12-11-17(2)25-22/h7-12,19H,3-6,13-16H2,1-2H3,(H,24,27). The maximum Gasteiger partial charge on any atom is 0.225 e. The summed E-state index contributed by atoms with van der Waals surface area (Å²) in [5, 5.41) is 3.08. The highest BCUT2D eigenvalue weighted by molar-refractivity contribution is 5.79. The van der Waals surface area contributed by atoms with Crippen LogP contribution in [0.1, 0.15) is 43.9 Å². The van der Waals surface area contributed by atoms with Gasteiger partial charge in [-0.3, -0.25) is 4.79 Å². The first-order valence-electron chi connectivity index (χ1n) is 10.2. The van der Waals surface area contributed by atoms with E-state index < -0.39 is 0 Å². The second-order valence-corrected chi connectivity index (χ2v) is 7.35. The lowest BCUT2D eigenvalue weighted by molar-refractivity contribution is -0.125. The van der Waals surface area contributed by atoms with Gasteiger partial charge in [0, 0.05) is 31.5 Å². The van der Waals surface area contributed by atoms with Gasteiger partial charge in [0.25, 0.3) is 0 Å². The number of ether oxygens (including phenoxy) is 1. The van der Waals surface area contributed by atoms with E-state index in [1.54, 1.807) is 6.20 Å². The van der Waals surface area contributed by atoms with Gasteiger partial charge in [-0.05, 0) is 49.9 Å². The molecule has 0 spiro atoms. The molecule has 1 aliphatic heterocycles. The molecule has 1 N–H and O–H groups in total. The van der Waals surface area contributed by atoms with Gasteiger partial charge in [0.1, 0.15) is 5.75 Å². The summed E-state index contributed by atoms with van der Waals surface area (Å²) >= 11 is 0. The van der Waals surface area contributed by atoms with Crippen molar-refractivity contribution in [3.8, 4) is 5.75 Å². The van der Waals surface area contributed by atoms with Gasteiger partial charge in [0.05, 0.1) is 12.5 Å². The minimum absolute atomic E-state index is 0.0329. The van der Waals surface area contributed by atoms with E-state index in [0.717, 1.165) is 61.8 Å². The van der Waals surface area contributed by atoms with Crippen LogP contribution in [-0.4, -0.2) is 35.6 Å². The average molecular weight is 383 g/mol. The Kier molecular flexibility index (Phi) is 7.23. The van der Waals surface area contributed by atoms with Crippen LogP contribution in [0.2, 0.25) is 0 Å². The fourth-order valence-electron chi connectivity index (χ4n) is 3.33. The zero-order valence-corrected chi connectivity index (χ0v) is 16.9. The van der Waals surface area contributed by atoms with Gasteiger partial charge in [-0.15, -0.1) is 0 Å². The van der Waals surface area contributed by atoms with Crippen molar-refractivity contribution in [2.75, 3.05) is 24.6 Å². The molecule has 0 saturated carbocycles. The Bertz CT molecular complexity index is 763. The fourth-order valence-corrected chi connectivity index (χ4v) is 3.33. The van der Waals surface area contributed by atoms with Gasteiger partial charge in [-0.2, -0.15) is 0 Å². The van der Waals surface area contributed by atoms with Crippen LogP contribution in [0.15, 0.2) is 36.5 Å². The monoisotopic (exact) mass is 382 g/mol. The molecule has 1 aromatic carbocycles. The molecule has 1 amide bonds. The summed E-state index contributed by atoms with van der Waals surface area (Å²) in [6.07, 6.45) is 5.83. The van der Waals surface area contributed by atoms with Crippen LogP contribution in [0.5, 0.6) is 5.75 Å². The largest absolute Gasteiger partial charge is 0.494 e. The predicted octanol–water partition coefficient (Wildman–Crippen LogP) is 3.50. The average Bonchev–Trinajstić information content (AvgIpc) is 2.73. The van der Waals surface area contributed by atoms with E-state index in [0.29, 0.717) is 13.1 Å². The number of anilines is 1. The Labute approximate surface area is 167 Å². The molecule has 0 radical (unpaired) electrons. The lowest BCUT2D eigenvalue weighted by Gasteiger charge is -2.32. The van der Waals surface area contributed by atoms with Gasteiger partial charge in [0.2, 0.25) is 11.9 Å². The summed E-state index contributed by atoms with van der Waals surface area (Å²) in [5.74, 6) is 1.66. The van der Waals surface area contributed by atoms with Crippen molar-refractivity contribution in [1.82, 2.24) is 15.3 Å². The number of hydrogen-bond acceptors (Lipinski definition) is 5. The fraction of sp³-hybridized carbons (Fsp3) is 0.500. The molecule has 0 bridgehead atoms. The Morgan fingerprint density at radius 3 is 2.86 bits per heavy atom. The van der Waals surface area contributed by atoms with Crippen LogP contribution >= 0.6 is 0 Å². The van der Waals surface area contributed by atoms with Crippen LogP contribution in [-0.2, 0) is 11.3 Å². The van der Waals surface area contributed by atoms with Crippen LogP contribution in [0.25, 0.3) is 0 Å². The molecule has 6 heteroatoms. The molecule has 2 heterocycles. The number of carbonyl (C=O) groups is 1. The Morgan fingerprint density at radius 2 is 2.11 bits per heavy atom. The maximum atomic E-state index is 12.7. The number of rotatable bonds is 8. The number of unbranched alkanes of at least 4 members (excludes halogenated alkanes) is 1. The number of carbonyl (C=O) groups excluding carboxylic acids is 1.